The molecule has 1 atom stereocenters. The number of benzene rings is 1. The minimum absolute atomic E-state index is 0.191. The van der Waals surface area contributed by atoms with Crippen LogP contribution >= 0.6 is 0 Å². The largest absolute Gasteiger partial charge is 0.504 e. The van der Waals surface area contributed by atoms with Gasteiger partial charge in [0.05, 0.1) is 24.9 Å². The Morgan fingerprint density at radius 2 is 2.08 bits per heavy atom. The van der Waals surface area contributed by atoms with Gasteiger partial charge in [-0.15, -0.1) is 0 Å². The third kappa shape index (κ3) is 3.38. The van der Waals surface area contributed by atoms with Gasteiger partial charge in [0.25, 0.3) is 0 Å². The number of aryl methyl sites for hydroxylation is 1. The molecule has 2 aliphatic rings. The van der Waals surface area contributed by atoms with Crippen molar-refractivity contribution in [2.24, 2.45) is 0 Å². The summed E-state index contributed by atoms with van der Waals surface area (Å²) in [7, 11) is 1.57. The van der Waals surface area contributed by atoms with Crippen LogP contribution in [0.3, 0.4) is 0 Å². The Morgan fingerprint density at radius 1 is 1.24 bits per heavy atom. The van der Waals surface area contributed by atoms with Crippen molar-refractivity contribution in [3.05, 3.63) is 41.2 Å². The Bertz CT molecular complexity index is 735. The third-order valence-electron chi connectivity index (χ3n) is 5.60. The molecule has 1 fully saturated rings. The lowest BCUT2D eigenvalue weighted by Gasteiger charge is -2.22. The summed E-state index contributed by atoms with van der Waals surface area (Å²) in [6, 6.07) is 6.48. The second kappa shape index (κ2) is 7.08. The first-order valence-corrected chi connectivity index (χ1v) is 9.42. The smallest absolute Gasteiger partial charge is 0.160 e. The number of phenolic OH excluding ortho intramolecular Hbond substituents is 1. The molecular formula is C20H27N3O2. The van der Waals surface area contributed by atoms with Gasteiger partial charge in [-0.05, 0) is 55.4 Å². The number of rotatable bonds is 5. The van der Waals surface area contributed by atoms with Crippen LogP contribution in [0, 0.1) is 0 Å². The van der Waals surface area contributed by atoms with E-state index in [4.69, 9.17) is 9.84 Å². The molecular weight excluding hydrogens is 314 g/mol. The number of phenols is 1. The van der Waals surface area contributed by atoms with E-state index in [1.165, 1.54) is 43.4 Å². The van der Waals surface area contributed by atoms with Crippen molar-refractivity contribution in [2.45, 2.75) is 63.6 Å². The minimum atomic E-state index is 0.191. The van der Waals surface area contributed by atoms with E-state index < -0.39 is 0 Å². The molecule has 5 heteroatoms. The van der Waals surface area contributed by atoms with E-state index in [9.17, 15) is 5.11 Å². The van der Waals surface area contributed by atoms with Crippen molar-refractivity contribution in [1.29, 1.82) is 0 Å². The van der Waals surface area contributed by atoms with Gasteiger partial charge < -0.3 is 15.2 Å². The fourth-order valence-electron chi connectivity index (χ4n) is 4.20. The maximum atomic E-state index is 9.94. The number of nitrogens with one attached hydrogen (secondary N) is 1. The van der Waals surface area contributed by atoms with E-state index in [0.717, 1.165) is 24.9 Å². The number of methoxy groups -OCH3 is 1. The molecule has 4 rings (SSSR count). The summed E-state index contributed by atoms with van der Waals surface area (Å²) in [4.78, 5) is 0. The topological polar surface area (TPSA) is 59.3 Å². The highest BCUT2D eigenvalue weighted by Gasteiger charge is 2.26. The zero-order valence-electron chi connectivity index (χ0n) is 14.9. The van der Waals surface area contributed by atoms with Crippen molar-refractivity contribution in [1.82, 2.24) is 15.1 Å². The normalized spacial score (nSPS) is 20.6. The summed E-state index contributed by atoms with van der Waals surface area (Å²) in [6.45, 7) is 0.720. The second-order valence-electron chi connectivity index (χ2n) is 7.29. The van der Waals surface area contributed by atoms with Crippen LogP contribution in [0.25, 0.3) is 0 Å². The Kier molecular flexibility index (Phi) is 4.66. The molecule has 1 saturated carbocycles. The first-order chi connectivity index (χ1) is 12.2. The highest BCUT2D eigenvalue weighted by Crippen LogP contribution is 2.34. The van der Waals surface area contributed by atoms with Crippen molar-refractivity contribution in [3.8, 4) is 11.5 Å². The highest BCUT2D eigenvalue weighted by atomic mass is 16.5. The molecule has 0 spiro atoms. The molecule has 2 aliphatic carbocycles. The van der Waals surface area contributed by atoms with Gasteiger partial charge in [0, 0.05) is 12.7 Å². The number of aromatic hydroxyl groups is 1. The molecule has 0 aliphatic heterocycles. The number of hydrogen-bond acceptors (Lipinski definition) is 4. The molecule has 0 radical (unpaired) electrons. The van der Waals surface area contributed by atoms with Gasteiger partial charge in [0.2, 0.25) is 0 Å². The van der Waals surface area contributed by atoms with Crippen LogP contribution < -0.4 is 10.1 Å². The van der Waals surface area contributed by atoms with Crippen LogP contribution in [0.1, 0.15) is 67.4 Å². The van der Waals surface area contributed by atoms with E-state index in [1.54, 1.807) is 13.2 Å². The van der Waals surface area contributed by atoms with Crippen LogP contribution in [0.15, 0.2) is 24.4 Å². The fraction of sp³-hybridized carbons (Fsp3) is 0.550. The molecule has 1 aromatic carbocycles. The van der Waals surface area contributed by atoms with Gasteiger partial charge >= 0.3 is 0 Å². The molecule has 5 nitrogen and oxygen atoms in total. The number of aromatic nitrogens is 2. The van der Waals surface area contributed by atoms with Crippen LogP contribution in [-0.2, 0) is 13.0 Å². The van der Waals surface area contributed by atoms with Gasteiger partial charge in [-0.3, -0.25) is 4.68 Å². The average Bonchev–Trinajstić information content (AvgIpc) is 3.29. The van der Waals surface area contributed by atoms with E-state index in [0.29, 0.717) is 17.8 Å². The maximum Gasteiger partial charge on any atom is 0.160 e. The third-order valence-corrected chi connectivity index (χ3v) is 5.60. The lowest BCUT2D eigenvalue weighted by Crippen LogP contribution is -2.25. The fourth-order valence-corrected chi connectivity index (χ4v) is 4.20. The number of ether oxygens (including phenoxy) is 1. The Hall–Kier alpha value is -2.01. The van der Waals surface area contributed by atoms with Crippen LogP contribution in [-0.4, -0.2) is 22.0 Å². The van der Waals surface area contributed by atoms with E-state index in [-0.39, 0.29) is 5.75 Å². The summed E-state index contributed by atoms with van der Waals surface area (Å²) in [5.74, 6) is 0.704. The predicted octanol–water partition coefficient (Wildman–Crippen LogP) is 3.88. The molecule has 1 heterocycles. The van der Waals surface area contributed by atoms with E-state index >= 15 is 0 Å². The van der Waals surface area contributed by atoms with Crippen molar-refractivity contribution in [2.75, 3.05) is 7.11 Å². The molecule has 25 heavy (non-hydrogen) atoms. The van der Waals surface area contributed by atoms with E-state index in [1.807, 2.05) is 12.1 Å². The summed E-state index contributed by atoms with van der Waals surface area (Å²) < 4.78 is 7.34. The first kappa shape index (κ1) is 16.5. The molecule has 0 saturated heterocycles. The zero-order valence-corrected chi connectivity index (χ0v) is 14.9. The Morgan fingerprint density at radius 3 is 2.84 bits per heavy atom. The monoisotopic (exact) mass is 341 g/mol. The van der Waals surface area contributed by atoms with E-state index in [2.05, 4.69) is 16.2 Å². The van der Waals surface area contributed by atoms with Gasteiger partial charge in [-0.25, -0.2) is 0 Å². The number of fused-ring (bicyclic) bond motifs is 1. The van der Waals surface area contributed by atoms with Crippen LogP contribution in [0.2, 0.25) is 0 Å². The maximum absolute atomic E-state index is 9.94. The Balaban J connectivity index is 1.46. The molecule has 0 unspecified atom stereocenters. The van der Waals surface area contributed by atoms with Gasteiger partial charge in [0.1, 0.15) is 0 Å². The second-order valence-corrected chi connectivity index (χ2v) is 7.29. The predicted molar refractivity (Wildman–Crippen MR) is 96.9 cm³/mol. The SMILES string of the molecule is COc1ccc(CN[C@@H]2CCCc3cn(C4CCCC4)nc32)cc1O. The van der Waals surface area contributed by atoms with Gasteiger partial charge in [-0.2, -0.15) is 5.10 Å². The molecule has 2 aromatic rings. The Labute approximate surface area is 149 Å². The summed E-state index contributed by atoms with van der Waals surface area (Å²) in [5.41, 5.74) is 3.70. The van der Waals surface area contributed by atoms with Crippen LogP contribution in [0.5, 0.6) is 11.5 Å². The molecule has 1 aromatic heterocycles. The number of nitrogens with zero attached hydrogens (tertiary/aromatic N) is 2. The van der Waals surface area contributed by atoms with Gasteiger partial charge in [-0.1, -0.05) is 18.9 Å². The quantitative estimate of drug-likeness (QED) is 0.866. The average molecular weight is 341 g/mol. The lowest BCUT2D eigenvalue weighted by molar-refractivity contribution is 0.372. The summed E-state index contributed by atoms with van der Waals surface area (Å²) in [6.07, 6.45) is 11.0. The standard InChI is InChI=1S/C20H27N3O2/c1-25-19-10-9-14(11-18(19)24)12-21-17-8-4-5-15-13-23(22-20(15)17)16-6-2-3-7-16/h9-11,13,16-17,21,24H,2-8,12H2,1H3/t17-/m1/s1. The highest BCUT2D eigenvalue weighted by molar-refractivity contribution is 5.41. The molecule has 0 amide bonds. The van der Waals surface area contributed by atoms with Crippen molar-refractivity contribution >= 4 is 0 Å². The van der Waals surface area contributed by atoms with Gasteiger partial charge in [0.15, 0.2) is 11.5 Å². The minimum Gasteiger partial charge on any atom is -0.504 e. The number of hydrogen-bond donors (Lipinski definition) is 2. The summed E-state index contributed by atoms with van der Waals surface area (Å²) >= 11 is 0. The zero-order chi connectivity index (χ0) is 17.2. The molecule has 0 bridgehead atoms. The summed E-state index contributed by atoms with van der Waals surface area (Å²) in [5, 5.41) is 18.5. The molecule has 2 N–H and O–H groups in total. The lowest BCUT2D eigenvalue weighted by atomic mass is 9.93. The molecule has 134 valence electrons. The first-order valence-electron chi connectivity index (χ1n) is 9.42. The van der Waals surface area contributed by atoms with Crippen molar-refractivity contribution in [3.63, 3.8) is 0 Å². The van der Waals surface area contributed by atoms with Crippen LogP contribution in [0.4, 0.5) is 0 Å². The van der Waals surface area contributed by atoms with Crippen molar-refractivity contribution < 1.29 is 9.84 Å².